The maximum Gasteiger partial charge on any atom is 0.216 e. The fourth-order valence-corrected chi connectivity index (χ4v) is 2.99. The van der Waals surface area contributed by atoms with Crippen molar-refractivity contribution in [2.24, 2.45) is 0 Å². The maximum atomic E-state index is 11.8. The molecule has 1 atom stereocenters. The molecular formula is C9H21ClN2O3S. The van der Waals surface area contributed by atoms with Crippen LogP contribution in [0.15, 0.2) is 0 Å². The summed E-state index contributed by atoms with van der Waals surface area (Å²) in [5.41, 5.74) is 0. The van der Waals surface area contributed by atoms with Crippen molar-refractivity contribution < 1.29 is 13.2 Å². The number of hydrogen-bond acceptors (Lipinski definition) is 4. The lowest BCUT2D eigenvalue weighted by Crippen LogP contribution is -2.52. The Bertz CT molecular complexity index is 284. The van der Waals surface area contributed by atoms with Gasteiger partial charge in [0.1, 0.15) is 0 Å². The average Bonchev–Trinajstić information content (AvgIpc) is 2.18. The lowest BCUT2D eigenvalue weighted by molar-refractivity contribution is 0.162. The van der Waals surface area contributed by atoms with E-state index in [-0.39, 0.29) is 30.8 Å². The van der Waals surface area contributed by atoms with Gasteiger partial charge in [-0.05, 0) is 13.8 Å². The van der Waals surface area contributed by atoms with Gasteiger partial charge < -0.3 is 10.1 Å². The van der Waals surface area contributed by atoms with E-state index in [2.05, 4.69) is 5.32 Å². The van der Waals surface area contributed by atoms with Crippen LogP contribution >= 0.6 is 12.4 Å². The number of ether oxygens (including phenoxy) is 1. The van der Waals surface area contributed by atoms with Crippen LogP contribution in [0.3, 0.4) is 0 Å². The highest BCUT2D eigenvalue weighted by molar-refractivity contribution is 7.89. The van der Waals surface area contributed by atoms with E-state index in [1.807, 2.05) is 13.8 Å². The van der Waals surface area contributed by atoms with E-state index in [0.717, 1.165) is 6.54 Å². The first-order valence-corrected chi connectivity index (χ1v) is 6.96. The number of sulfonamides is 1. The van der Waals surface area contributed by atoms with Crippen LogP contribution in [0.4, 0.5) is 0 Å². The van der Waals surface area contributed by atoms with Gasteiger partial charge in [0.2, 0.25) is 10.0 Å². The third-order valence-electron chi connectivity index (χ3n) is 2.41. The van der Waals surface area contributed by atoms with Gasteiger partial charge in [-0.2, -0.15) is 4.31 Å². The molecule has 5 nitrogen and oxygen atoms in total. The van der Waals surface area contributed by atoms with Crippen LogP contribution in [-0.4, -0.2) is 57.4 Å². The highest BCUT2D eigenvalue weighted by atomic mass is 35.5. The minimum absolute atomic E-state index is 0. The summed E-state index contributed by atoms with van der Waals surface area (Å²) in [7, 11) is -3.12. The predicted octanol–water partition coefficient (Wildman–Crippen LogP) is 0.0682. The molecule has 0 aromatic heterocycles. The second kappa shape index (κ2) is 7.45. The fraction of sp³-hybridized carbons (Fsp3) is 1.00. The Morgan fingerprint density at radius 3 is 2.75 bits per heavy atom. The van der Waals surface area contributed by atoms with Gasteiger partial charge in [0.25, 0.3) is 0 Å². The van der Waals surface area contributed by atoms with Crippen molar-refractivity contribution in [2.75, 3.05) is 38.6 Å². The molecule has 1 heterocycles. The topological polar surface area (TPSA) is 58.6 Å². The summed E-state index contributed by atoms with van der Waals surface area (Å²) in [4.78, 5) is 0. The molecule has 0 spiro atoms. The largest absolute Gasteiger partial charge is 0.381 e. The molecule has 0 unspecified atom stereocenters. The van der Waals surface area contributed by atoms with Crippen LogP contribution < -0.4 is 5.32 Å². The molecule has 16 heavy (non-hydrogen) atoms. The van der Waals surface area contributed by atoms with Gasteiger partial charge in [-0.15, -0.1) is 12.4 Å². The second-order valence-electron chi connectivity index (χ2n) is 3.73. The number of piperazine rings is 1. The van der Waals surface area contributed by atoms with Crippen molar-refractivity contribution in [1.29, 1.82) is 0 Å². The molecule has 1 aliphatic rings. The zero-order valence-electron chi connectivity index (χ0n) is 9.81. The normalized spacial score (nSPS) is 22.8. The molecule has 7 heteroatoms. The van der Waals surface area contributed by atoms with E-state index in [0.29, 0.717) is 19.7 Å². The summed E-state index contributed by atoms with van der Waals surface area (Å²) < 4.78 is 30.3. The van der Waals surface area contributed by atoms with Crippen LogP contribution in [0.2, 0.25) is 0 Å². The minimum atomic E-state index is -3.12. The molecule has 98 valence electrons. The maximum absolute atomic E-state index is 11.8. The van der Waals surface area contributed by atoms with Crippen molar-refractivity contribution in [3.05, 3.63) is 0 Å². The minimum Gasteiger partial charge on any atom is -0.381 e. The van der Waals surface area contributed by atoms with E-state index in [9.17, 15) is 8.42 Å². The van der Waals surface area contributed by atoms with Crippen molar-refractivity contribution in [1.82, 2.24) is 9.62 Å². The Labute approximate surface area is 104 Å². The highest BCUT2D eigenvalue weighted by Gasteiger charge is 2.26. The summed E-state index contributed by atoms with van der Waals surface area (Å²) in [5.74, 6) is 0.0908. The Kier molecular flexibility index (Phi) is 7.50. The molecule has 1 aliphatic heterocycles. The van der Waals surface area contributed by atoms with Crippen LogP contribution in [-0.2, 0) is 14.8 Å². The third-order valence-corrected chi connectivity index (χ3v) is 4.22. The Hall–Kier alpha value is 0.120. The lowest BCUT2D eigenvalue weighted by atomic mass is 10.3. The van der Waals surface area contributed by atoms with Crippen LogP contribution in [0, 0.1) is 0 Å². The Balaban J connectivity index is 0.00000225. The lowest BCUT2D eigenvalue weighted by Gasteiger charge is -2.30. The molecule has 1 fully saturated rings. The molecule has 0 aromatic carbocycles. The van der Waals surface area contributed by atoms with Gasteiger partial charge in [-0.1, -0.05) is 0 Å². The molecule has 0 saturated carbocycles. The van der Waals surface area contributed by atoms with Gasteiger partial charge in [0, 0.05) is 32.3 Å². The van der Waals surface area contributed by atoms with E-state index >= 15 is 0 Å². The Morgan fingerprint density at radius 2 is 2.19 bits per heavy atom. The average molecular weight is 273 g/mol. The van der Waals surface area contributed by atoms with Gasteiger partial charge in [-0.3, -0.25) is 0 Å². The molecular weight excluding hydrogens is 252 g/mol. The third kappa shape index (κ3) is 4.97. The van der Waals surface area contributed by atoms with Crippen molar-refractivity contribution >= 4 is 22.4 Å². The highest BCUT2D eigenvalue weighted by Crippen LogP contribution is 2.06. The van der Waals surface area contributed by atoms with Crippen molar-refractivity contribution in [3.63, 3.8) is 0 Å². The Morgan fingerprint density at radius 1 is 1.50 bits per heavy atom. The monoisotopic (exact) mass is 272 g/mol. The molecule has 0 amide bonds. The van der Waals surface area contributed by atoms with Gasteiger partial charge in [0.05, 0.1) is 12.4 Å². The van der Waals surface area contributed by atoms with Crippen LogP contribution in [0.1, 0.15) is 13.8 Å². The van der Waals surface area contributed by atoms with Crippen LogP contribution in [0.5, 0.6) is 0 Å². The summed E-state index contributed by atoms with van der Waals surface area (Å²) in [6.07, 6.45) is 0. The van der Waals surface area contributed by atoms with E-state index in [4.69, 9.17) is 4.74 Å². The second-order valence-corrected chi connectivity index (χ2v) is 5.81. The molecule has 0 aliphatic carbocycles. The summed E-state index contributed by atoms with van der Waals surface area (Å²) in [6, 6.07) is 0.237. The van der Waals surface area contributed by atoms with Crippen molar-refractivity contribution in [3.8, 4) is 0 Å². The first-order chi connectivity index (χ1) is 7.06. The van der Waals surface area contributed by atoms with E-state index in [1.54, 1.807) is 4.31 Å². The molecule has 1 rings (SSSR count). The van der Waals surface area contributed by atoms with Crippen LogP contribution in [0.25, 0.3) is 0 Å². The number of halogens is 1. The van der Waals surface area contributed by atoms with Gasteiger partial charge >= 0.3 is 0 Å². The SMILES string of the molecule is CCOCCS(=O)(=O)N1CCN[C@H](C)C1.Cl. The summed E-state index contributed by atoms with van der Waals surface area (Å²) in [5, 5.41) is 3.21. The number of nitrogens with one attached hydrogen (secondary N) is 1. The molecule has 1 saturated heterocycles. The van der Waals surface area contributed by atoms with Crippen molar-refractivity contribution in [2.45, 2.75) is 19.9 Å². The first kappa shape index (κ1) is 16.1. The molecule has 0 radical (unpaired) electrons. The predicted molar refractivity (Wildman–Crippen MR) is 66.6 cm³/mol. The first-order valence-electron chi connectivity index (χ1n) is 5.35. The van der Waals surface area contributed by atoms with Gasteiger partial charge in [-0.25, -0.2) is 8.42 Å². The fourth-order valence-electron chi connectivity index (χ4n) is 1.59. The molecule has 0 aromatic rings. The summed E-state index contributed by atoms with van der Waals surface area (Å²) in [6.45, 7) is 6.57. The van der Waals surface area contributed by atoms with E-state index in [1.165, 1.54) is 0 Å². The molecule has 1 N–H and O–H groups in total. The van der Waals surface area contributed by atoms with E-state index < -0.39 is 10.0 Å². The smallest absolute Gasteiger partial charge is 0.216 e. The number of rotatable bonds is 5. The zero-order valence-corrected chi connectivity index (χ0v) is 11.4. The van der Waals surface area contributed by atoms with Gasteiger partial charge in [0.15, 0.2) is 0 Å². The standard InChI is InChI=1S/C9H20N2O3S.ClH/c1-3-14-6-7-15(12,13)11-5-4-10-9(2)8-11;/h9-10H,3-8H2,1-2H3;1H/t9-;/m1./s1. The zero-order chi connectivity index (χ0) is 11.3. The quantitative estimate of drug-likeness (QED) is 0.720. The summed E-state index contributed by atoms with van der Waals surface area (Å²) >= 11 is 0. The number of hydrogen-bond donors (Lipinski definition) is 1. The molecule has 0 bridgehead atoms. The number of nitrogens with zero attached hydrogens (tertiary/aromatic N) is 1.